The van der Waals surface area contributed by atoms with Gasteiger partial charge in [-0.25, -0.2) is 18.2 Å². The summed E-state index contributed by atoms with van der Waals surface area (Å²) in [6, 6.07) is 4.77. The number of oxime groups is 1. The molecule has 1 aromatic carbocycles. The molecular formula is C30H38N10O11S2. The molecule has 286 valence electrons. The van der Waals surface area contributed by atoms with Crippen LogP contribution in [0.1, 0.15) is 36.3 Å². The molecule has 2 aromatic heterocycles. The minimum Gasteiger partial charge on any atom is -0.724 e. The van der Waals surface area contributed by atoms with Crippen molar-refractivity contribution in [1.29, 1.82) is 0 Å². The van der Waals surface area contributed by atoms with Gasteiger partial charge in [-0.1, -0.05) is 5.16 Å². The molecule has 2 aliphatic heterocycles. The molecular weight excluding hydrogens is 741 g/mol. The van der Waals surface area contributed by atoms with E-state index in [4.69, 9.17) is 21.0 Å². The van der Waals surface area contributed by atoms with Crippen LogP contribution in [0.4, 0.5) is 10.8 Å². The van der Waals surface area contributed by atoms with Crippen LogP contribution < -0.4 is 36.8 Å². The number of aliphatic carboxylic acids is 1. The number of carbonyl (C=O) groups excluding carboxylic acids is 3. The third-order valence-corrected chi connectivity index (χ3v) is 9.23. The van der Waals surface area contributed by atoms with Crippen LogP contribution in [0.25, 0.3) is 0 Å². The Hall–Kier alpha value is -5.20. The summed E-state index contributed by atoms with van der Waals surface area (Å²) < 4.78 is 46.8. The van der Waals surface area contributed by atoms with E-state index in [1.54, 1.807) is 24.5 Å². The number of nitrogens with two attached hydrogens (primary N) is 2. The van der Waals surface area contributed by atoms with Crippen molar-refractivity contribution in [3.05, 3.63) is 53.3 Å². The average Bonchev–Trinajstić information content (AvgIpc) is 3.70. The number of rotatable bonds is 18. The average molecular weight is 779 g/mol. The Bertz CT molecular complexity index is 1980. The van der Waals surface area contributed by atoms with Gasteiger partial charge in [0.15, 0.2) is 17.4 Å². The van der Waals surface area contributed by atoms with Crippen LogP contribution in [-0.4, -0.2) is 106 Å². The highest BCUT2D eigenvalue weighted by Crippen LogP contribution is 2.33. The fourth-order valence-electron chi connectivity index (χ4n) is 5.26. The highest BCUT2D eigenvalue weighted by molar-refractivity contribution is 7.80. The zero-order chi connectivity index (χ0) is 38.5. The van der Waals surface area contributed by atoms with Crippen molar-refractivity contribution in [2.75, 3.05) is 37.3 Å². The van der Waals surface area contributed by atoms with Crippen LogP contribution >= 0.6 is 11.3 Å². The van der Waals surface area contributed by atoms with Crippen molar-refractivity contribution in [1.82, 2.24) is 25.4 Å². The first-order valence-corrected chi connectivity index (χ1v) is 18.3. The van der Waals surface area contributed by atoms with E-state index >= 15 is 0 Å². The zero-order valence-corrected chi connectivity index (χ0v) is 30.1. The van der Waals surface area contributed by atoms with Gasteiger partial charge < -0.3 is 46.7 Å². The van der Waals surface area contributed by atoms with E-state index in [-0.39, 0.29) is 22.5 Å². The SMILES string of the molecule is CC1(C)C(NC(=O)/C(=N\O[C@@H](COc2ccc(NC(=O)c3cn(CCCN)[n+](CC4CNC4)c3)cc2)C(=O)O)c2csc(N)n2)C(=O)N1OS(=O)(=O)[O-]. The van der Waals surface area contributed by atoms with Crippen molar-refractivity contribution in [2.24, 2.45) is 16.8 Å². The minimum atomic E-state index is -5.29. The van der Waals surface area contributed by atoms with Crippen LogP contribution in [0.5, 0.6) is 5.75 Å². The molecule has 2 atom stereocenters. The van der Waals surface area contributed by atoms with Crippen molar-refractivity contribution in [2.45, 2.75) is 51.0 Å². The highest BCUT2D eigenvalue weighted by atomic mass is 32.3. The fourth-order valence-corrected chi connectivity index (χ4v) is 6.25. The summed E-state index contributed by atoms with van der Waals surface area (Å²) >= 11 is 0.935. The van der Waals surface area contributed by atoms with Crippen LogP contribution in [0.3, 0.4) is 0 Å². The van der Waals surface area contributed by atoms with Crippen molar-refractivity contribution in [3.8, 4) is 5.75 Å². The quantitative estimate of drug-likeness (QED) is 0.0211. The maximum Gasteiger partial charge on any atom is 0.351 e. The summed E-state index contributed by atoms with van der Waals surface area (Å²) in [4.78, 5) is 60.0. The lowest BCUT2D eigenvalue weighted by Crippen LogP contribution is -2.76. The van der Waals surface area contributed by atoms with Gasteiger partial charge in [-0.2, -0.15) is 14.0 Å². The third-order valence-electron chi connectivity index (χ3n) is 8.23. The molecule has 5 rings (SSSR count). The van der Waals surface area contributed by atoms with Gasteiger partial charge in [0, 0.05) is 30.1 Å². The van der Waals surface area contributed by atoms with E-state index < -0.39 is 58.2 Å². The number of benzene rings is 1. The number of ether oxygens (including phenoxy) is 1. The molecule has 1 unspecified atom stereocenters. The number of nitrogens with zero attached hydrogens (tertiary/aromatic N) is 5. The van der Waals surface area contributed by atoms with E-state index in [1.165, 1.54) is 31.4 Å². The van der Waals surface area contributed by atoms with E-state index in [0.717, 1.165) is 37.4 Å². The smallest absolute Gasteiger partial charge is 0.351 e. The number of aryl methyl sites for hydroxylation is 1. The van der Waals surface area contributed by atoms with Gasteiger partial charge in [0.05, 0.1) is 18.3 Å². The maximum absolute atomic E-state index is 13.3. The Morgan fingerprint density at radius 3 is 2.55 bits per heavy atom. The second kappa shape index (κ2) is 16.2. The number of carbonyl (C=O) groups is 4. The number of anilines is 2. The zero-order valence-electron chi connectivity index (χ0n) is 28.5. The first-order valence-electron chi connectivity index (χ1n) is 16.1. The lowest BCUT2D eigenvalue weighted by Gasteiger charge is -2.51. The van der Waals surface area contributed by atoms with Gasteiger partial charge in [0.2, 0.25) is 16.6 Å². The number of nitrogen functional groups attached to an aromatic ring is 1. The first kappa shape index (κ1) is 39.0. The molecule has 53 heavy (non-hydrogen) atoms. The lowest BCUT2D eigenvalue weighted by molar-refractivity contribution is -0.781. The number of hydrogen-bond donors (Lipinski definition) is 6. The van der Waals surface area contributed by atoms with E-state index in [2.05, 4.69) is 30.4 Å². The molecule has 0 spiro atoms. The van der Waals surface area contributed by atoms with Crippen LogP contribution in [0, 0.1) is 5.92 Å². The lowest BCUT2D eigenvalue weighted by atomic mass is 9.84. The van der Waals surface area contributed by atoms with Gasteiger partial charge in [-0.3, -0.25) is 14.4 Å². The summed E-state index contributed by atoms with van der Waals surface area (Å²) in [5.41, 5.74) is 10.1. The number of amides is 3. The number of hydrogen-bond acceptors (Lipinski definition) is 16. The van der Waals surface area contributed by atoms with Crippen LogP contribution in [-0.2, 0) is 47.0 Å². The normalized spacial score (nSPS) is 17.7. The fraction of sp³-hybridized carbons (Fsp3) is 0.433. The summed E-state index contributed by atoms with van der Waals surface area (Å²) in [5.74, 6) is -3.23. The summed E-state index contributed by atoms with van der Waals surface area (Å²) in [6.45, 7) is 5.87. The molecule has 4 heterocycles. The third kappa shape index (κ3) is 9.62. The van der Waals surface area contributed by atoms with Gasteiger partial charge >= 0.3 is 5.97 Å². The standard InChI is InChI=1S/C30H38N10O11S2/c1-30(2)24(27(43)40(30)51-53(46,47)48)36-26(42)23(21-16-52-29(32)35-21)37-50-22(28(44)45)15-49-20-6-4-19(5-7-20)34-25(41)18-13-38(9-3-8-31)39(14-18)12-17-10-33-11-17/h4-7,13-14,16-17,22,24,33H,3,8-12,15,31H2,1-2H3,(H5-,32,34,35,36,41,42,44,45,46,47,48)/b37-23-/t22-,24?/m0/s1. The molecule has 0 radical (unpaired) electrons. The second-order valence-electron chi connectivity index (χ2n) is 12.6. The Labute approximate surface area is 306 Å². The molecule has 0 aliphatic carbocycles. The molecule has 3 aromatic rings. The van der Waals surface area contributed by atoms with E-state index in [0.29, 0.717) is 35.3 Å². The largest absolute Gasteiger partial charge is 0.724 e. The number of carboxylic acid groups (broad SMARTS) is 1. The molecule has 0 saturated carbocycles. The van der Waals surface area contributed by atoms with Gasteiger partial charge in [-0.05, 0) is 51.1 Å². The monoisotopic (exact) mass is 778 g/mol. The maximum atomic E-state index is 13.3. The Kier molecular flexibility index (Phi) is 11.9. The van der Waals surface area contributed by atoms with E-state index in [1.807, 2.05) is 9.36 Å². The Morgan fingerprint density at radius 1 is 1.26 bits per heavy atom. The van der Waals surface area contributed by atoms with Gasteiger partial charge in [0.1, 0.15) is 29.7 Å². The number of thiazole rings is 1. The first-order chi connectivity index (χ1) is 25.0. The molecule has 21 nitrogen and oxygen atoms in total. The summed E-state index contributed by atoms with van der Waals surface area (Å²) in [7, 11) is -5.29. The van der Waals surface area contributed by atoms with Crippen LogP contribution in [0.2, 0.25) is 0 Å². The molecule has 2 fully saturated rings. The van der Waals surface area contributed by atoms with E-state index in [9.17, 15) is 37.3 Å². The predicted octanol–water partition coefficient (Wildman–Crippen LogP) is -1.61. The predicted molar refractivity (Wildman–Crippen MR) is 184 cm³/mol. The highest BCUT2D eigenvalue weighted by Gasteiger charge is 2.57. The number of hydroxylamine groups is 2. The Balaban J connectivity index is 1.21. The molecule has 3 amide bonds. The summed E-state index contributed by atoms with van der Waals surface area (Å²) in [6.07, 6.45) is 2.60. The molecule has 2 aliphatic rings. The summed E-state index contributed by atoms with van der Waals surface area (Å²) in [5, 5.41) is 23.5. The minimum absolute atomic E-state index is 0.0322. The number of aromatic nitrogens is 3. The topological polar surface area (TPSA) is 299 Å². The van der Waals surface area contributed by atoms with Gasteiger partial charge in [0.25, 0.3) is 23.8 Å². The van der Waals surface area contributed by atoms with Crippen LogP contribution in [0.15, 0.2) is 47.2 Å². The van der Waals surface area contributed by atoms with Crippen molar-refractivity contribution < 1.29 is 55.8 Å². The van der Waals surface area contributed by atoms with Crippen molar-refractivity contribution in [3.63, 3.8) is 0 Å². The van der Waals surface area contributed by atoms with Crippen molar-refractivity contribution >= 4 is 62.0 Å². The second-order valence-corrected chi connectivity index (χ2v) is 14.4. The Morgan fingerprint density at radius 2 is 1.98 bits per heavy atom. The molecule has 8 N–H and O–H groups in total. The number of β-lactam (4-membered cyclic amide) rings is 1. The number of carboxylic acids is 1. The number of nitrogens with one attached hydrogen (secondary N) is 3. The molecule has 0 bridgehead atoms. The van der Waals surface area contributed by atoms with Gasteiger partial charge in [-0.15, -0.1) is 16.0 Å². The molecule has 23 heteroatoms. The molecule has 2 saturated heterocycles.